The maximum absolute atomic E-state index is 11.8. The molecule has 0 aliphatic carbocycles. The van der Waals surface area contributed by atoms with E-state index in [0.29, 0.717) is 17.8 Å². The van der Waals surface area contributed by atoms with Crippen LogP contribution in [0, 0.1) is 0 Å². The number of thiazole rings is 1. The summed E-state index contributed by atoms with van der Waals surface area (Å²) >= 11 is 1.49. The Bertz CT molecular complexity index is 499. The molecule has 0 aliphatic heterocycles. The van der Waals surface area contributed by atoms with Crippen LogP contribution < -0.4 is 16.6 Å². The van der Waals surface area contributed by atoms with E-state index in [2.05, 4.69) is 20.7 Å². The number of aromatic nitrogens is 2. The minimum Gasteiger partial charge on any atom is -0.346 e. The monoisotopic (exact) mass is 249 g/mol. The summed E-state index contributed by atoms with van der Waals surface area (Å²) in [4.78, 5) is 19.8. The standard InChI is InChI=1S/C10H11N5OS/c11-15-9-1-2-12-4-8(9)10(16)13-3-7-5-17-6-14-7/h1-2,4-6H,3,11H2,(H,12,15)(H,13,16). The van der Waals surface area contributed by atoms with Crippen LogP contribution in [-0.2, 0) is 6.54 Å². The number of rotatable bonds is 4. The Morgan fingerprint density at radius 2 is 2.41 bits per heavy atom. The molecule has 2 rings (SSSR count). The summed E-state index contributed by atoms with van der Waals surface area (Å²) < 4.78 is 0. The molecule has 1 amide bonds. The zero-order valence-electron chi connectivity index (χ0n) is 8.88. The van der Waals surface area contributed by atoms with Crippen LogP contribution in [0.15, 0.2) is 29.4 Å². The highest BCUT2D eigenvalue weighted by atomic mass is 32.1. The lowest BCUT2D eigenvalue weighted by atomic mass is 10.2. The predicted molar refractivity (Wildman–Crippen MR) is 65.3 cm³/mol. The van der Waals surface area contributed by atoms with E-state index in [-0.39, 0.29) is 5.91 Å². The number of hydrogen-bond donors (Lipinski definition) is 3. The molecule has 2 heterocycles. The van der Waals surface area contributed by atoms with Gasteiger partial charge in [-0.3, -0.25) is 15.6 Å². The van der Waals surface area contributed by atoms with Gasteiger partial charge in [0, 0.05) is 17.8 Å². The molecule has 0 saturated heterocycles. The zero-order valence-corrected chi connectivity index (χ0v) is 9.70. The molecule has 2 aromatic rings. The van der Waals surface area contributed by atoms with Crippen LogP contribution in [0.3, 0.4) is 0 Å². The average Bonchev–Trinajstić information content (AvgIpc) is 2.89. The number of nitrogen functional groups attached to an aromatic ring is 1. The van der Waals surface area contributed by atoms with Crippen molar-refractivity contribution in [3.8, 4) is 0 Å². The highest BCUT2D eigenvalue weighted by Gasteiger charge is 2.10. The van der Waals surface area contributed by atoms with Gasteiger partial charge in [0.1, 0.15) is 0 Å². The summed E-state index contributed by atoms with van der Waals surface area (Å²) in [6.45, 7) is 0.390. The number of nitrogens with zero attached hydrogens (tertiary/aromatic N) is 2. The number of hydrazine groups is 1. The maximum Gasteiger partial charge on any atom is 0.255 e. The third-order valence-corrected chi connectivity index (χ3v) is 2.77. The van der Waals surface area contributed by atoms with Gasteiger partial charge in [-0.05, 0) is 6.07 Å². The van der Waals surface area contributed by atoms with Crippen molar-refractivity contribution in [3.05, 3.63) is 40.6 Å². The Kier molecular flexibility index (Phi) is 3.63. The first-order valence-electron chi connectivity index (χ1n) is 4.87. The lowest BCUT2D eigenvalue weighted by Gasteiger charge is -2.07. The summed E-state index contributed by atoms with van der Waals surface area (Å²) in [5.41, 5.74) is 5.95. The van der Waals surface area contributed by atoms with Crippen molar-refractivity contribution >= 4 is 22.9 Å². The summed E-state index contributed by atoms with van der Waals surface area (Å²) in [5.74, 6) is 5.07. The first-order chi connectivity index (χ1) is 8.31. The van der Waals surface area contributed by atoms with Gasteiger partial charge in [-0.1, -0.05) is 0 Å². The lowest BCUT2D eigenvalue weighted by molar-refractivity contribution is 0.0951. The Labute approximate surface area is 102 Å². The first-order valence-corrected chi connectivity index (χ1v) is 5.81. The molecule has 4 N–H and O–H groups in total. The van der Waals surface area contributed by atoms with E-state index in [1.807, 2.05) is 5.38 Å². The third kappa shape index (κ3) is 2.77. The topological polar surface area (TPSA) is 92.9 Å². The Morgan fingerprint density at radius 1 is 1.53 bits per heavy atom. The van der Waals surface area contributed by atoms with E-state index < -0.39 is 0 Å². The fourth-order valence-corrected chi connectivity index (χ4v) is 1.85. The molecule has 0 spiro atoms. The molecule has 0 unspecified atom stereocenters. The van der Waals surface area contributed by atoms with Crippen LogP contribution in [0.25, 0.3) is 0 Å². The van der Waals surface area contributed by atoms with Crippen molar-refractivity contribution in [2.45, 2.75) is 6.54 Å². The van der Waals surface area contributed by atoms with Crippen LogP contribution in [-0.4, -0.2) is 15.9 Å². The van der Waals surface area contributed by atoms with Crippen molar-refractivity contribution in [3.63, 3.8) is 0 Å². The molecule has 0 aliphatic rings. The van der Waals surface area contributed by atoms with Gasteiger partial charge < -0.3 is 10.7 Å². The number of amides is 1. The van der Waals surface area contributed by atoms with Crippen molar-refractivity contribution in [2.75, 3.05) is 5.43 Å². The van der Waals surface area contributed by atoms with Crippen LogP contribution in [0.1, 0.15) is 16.1 Å². The quantitative estimate of drug-likeness (QED) is 0.549. The van der Waals surface area contributed by atoms with E-state index in [9.17, 15) is 4.79 Å². The van der Waals surface area contributed by atoms with Crippen molar-refractivity contribution in [1.82, 2.24) is 15.3 Å². The second-order valence-corrected chi connectivity index (χ2v) is 3.95. The van der Waals surface area contributed by atoms with Gasteiger partial charge in [0.15, 0.2) is 0 Å². The lowest BCUT2D eigenvalue weighted by Crippen LogP contribution is -2.25. The largest absolute Gasteiger partial charge is 0.346 e. The maximum atomic E-state index is 11.8. The number of hydrogen-bond acceptors (Lipinski definition) is 6. The number of nitrogens with two attached hydrogens (primary N) is 1. The number of pyridine rings is 1. The van der Waals surface area contributed by atoms with Gasteiger partial charge in [0.2, 0.25) is 0 Å². The van der Waals surface area contributed by atoms with Gasteiger partial charge in [-0.15, -0.1) is 11.3 Å². The molecule has 0 radical (unpaired) electrons. The van der Waals surface area contributed by atoms with Gasteiger partial charge in [0.25, 0.3) is 5.91 Å². The van der Waals surface area contributed by atoms with Crippen LogP contribution >= 0.6 is 11.3 Å². The zero-order chi connectivity index (χ0) is 12.1. The van der Waals surface area contributed by atoms with E-state index in [1.54, 1.807) is 17.8 Å². The van der Waals surface area contributed by atoms with Crippen LogP contribution in [0.2, 0.25) is 0 Å². The molecule has 7 heteroatoms. The summed E-state index contributed by atoms with van der Waals surface area (Å²) in [7, 11) is 0. The molecule has 17 heavy (non-hydrogen) atoms. The second-order valence-electron chi connectivity index (χ2n) is 3.23. The smallest absolute Gasteiger partial charge is 0.255 e. The minimum atomic E-state index is -0.237. The van der Waals surface area contributed by atoms with E-state index >= 15 is 0 Å². The van der Waals surface area contributed by atoms with E-state index in [1.165, 1.54) is 17.5 Å². The highest BCUT2D eigenvalue weighted by molar-refractivity contribution is 7.07. The minimum absolute atomic E-state index is 0.237. The molecule has 6 nitrogen and oxygen atoms in total. The number of carbonyl (C=O) groups is 1. The molecule has 88 valence electrons. The van der Waals surface area contributed by atoms with Crippen molar-refractivity contribution < 1.29 is 4.79 Å². The summed E-state index contributed by atoms with van der Waals surface area (Å²) in [6, 6.07) is 1.64. The normalized spacial score (nSPS) is 9.94. The molecule has 2 aromatic heterocycles. The summed E-state index contributed by atoms with van der Waals surface area (Å²) in [5, 5.41) is 4.63. The predicted octanol–water partition coefficient (Wildman–Crippen LogP) is 0.754. The molecule has 0 atom stereocenters. The van der Waals surface area contributed by atoms with Gasteiger partial charge in [0.05, 0.1) is 29.0 Å². The second kappa shape index (κ2) is 5.37. The SMILES string of the molecule is NNc1ccncc1C(=O)NCc1cscn1. The molecular formula is C10H11N5OS. The molecule has 0 bridgehead atoms. The summed E-state index contributed by atoms with van der Waals surface area (Å²) in [6.07, 6.45) is 3.03. The highest BCUT2D eigenvalue weighted by Crippen LogP contribution is 2.11. The number of nitrogens with one attached hydrogen (secondary N) is 2. The fourth-order valence-electron chi connectivity index (χ4n) is 1.29. The Hall–Kier alpha value is -1.99. The molecule has 0 aromatic carbocycles. The number of carbonyl (C=O) groups excluding carboxylic acids is 1. The Balaban J connectivity index is 2.04. The van der Waals surface area contributed by atoms with Crippen molar-refractivity contribution in [1.29, 1.82) is 0 Å². The first kappa shape index (κ1) is 11.5. The van der Waals surface area contributed by atoms with Crippen LogP contribution in [0.4, 0.5) is 5.69 Å². The molecule has 0 fully saturated rings. The average molecular weight is 249 g/mol. The number of anilines is 1. The Morgan fingerprint density at radius 3 is 3.12 bits per heavy atom. The molecule has 0 saturated carbocycles. The van der Waals surface area contributed by atoms with Gasteiger partial charge in [-0.25, -0.2) is 4.98 Å². The van der Waals surface area contributed by atoms with E-state index in [0.717, 1.165) is 5.69 Å². The van der Waals surface area contributed by atoms with E-state index in [4.69, 9.17) is 5.84 Å². The van der Waals surface area contributed by atoms with Gasteiger partial charge >= 0.3 is 0 Å². The van der Waals surface area contributed by atoms with Crippen molar-refractivity contribution in [2.24, 2.45) is 5.84 Å². The van der Waals surface area contributed by atoms with Gasteiger partial charge in [-0.2, -0.15) is 0 Å². The van der Waals surface area contributed by atoms with Crippen LogP contribution in [0.5, 0.6) is 0 Å². The third-order valence-electron chi connectivity index (χ3n) is 2.13. The molecular weight excluding hydrogens is 238 g/mol. The fraction of sp³-hybridized carbons (Fsp3) is 0.100.